The first kappa shape index (κ1) is 24.6. The lowest BCUT2D eigenvalue weighted by molar-refractivity contribution is 0.0599. The first-order valence-corrected chi connectivity index (χ1v) is 10.6. The lowest BCUT2D eigenvalue weighted by Crippen LogP contribution is -2.13. The van der Waals surface area contributed by atoms with Crippen LogP contribution >= 0.6 is 0 Å². The summed E-state index contributed by atoms with van der Waals surface area (Å²) in [7, 11) is 2.44. The van der Waals surface area contributed by atoms with E-state index >= 15 is 0 Å². The Kier molecular flexibility index (Phi) is 7.40. The number of methoxy groups -OCH3 is 2. The highest BCUT2D eigenvalue weighted by Gasteiger charge is 2.17. The van der Waals surface area contributed by atoms with Crippen LogP contribution in [0, 0.1) is 0 Å². The van der Waals surface area contributed by atoms with Gasteiger partial charge in [-0.25, -0.2) is 9.59 Å². The minimum Gasteiger partial charge on any atom is -0.486 e. The van der Waals surface area contributed by atoms with E-state index in [4.69, 9.17) is 18.6 Å². The number of benzene rings is 2. The molecule has 8 nitrogen and oxygen atoms in total. The van der Waals surface area contributed by atoms with Crippen molar-refractivity contribution in [3.05, 3.63) is 82.8 Å². The van der Waals surface area contributed by atoms with E-state index in [-0.39, 0.29) is 34.6 Å². The second-order valence-electron chi connectivity index (χ2n) is 8.57. The van der Waals surface area contributed by atoms with E-state index in [9.17, 15) is 14.4 Å². The highest BCUT2D eigenvalue weighted by atomic mass is 16.5. The fraction of sp³-hybridized carbons (Fsp3) is 0.269. The standard InChI is InChI=1S/C26H27NO7/c1-26(2,3)18-6-8-20(9-7-18)33-15-21-10-11-22(34-21)23(28)27-19-13-16(24(29)31-4)12-17(14-19)25(30)32-5/h6-14H,15H2,1-5H3,(H,27,28). The zero-order valence-corrected chi connectivity index (χ0v) is 19.8. The van der Waals surface area contributed by atoms with Gasteiger partial charge >= 0.3 is 11.9 Å². The smallest absolute Gasteiger partial charge is 0.337 e. The molecule has 0 radical (unpaired) electrons. The van der Waals surface area contributed by atoms with Gasteiger partial charge in [-0.3, -0.25) is 4.79 Å². The third-order valence-corrected chi connectivity index (χ3v) is 5.02. The molecule has 1 heterocycles. The summed E-state index contributed by atoms with van der Waals surface area (Å²) in [4.78, 5) is 36.5. The number of nitrogens with one attached hydrogen (secondary N) is 1. The summed E-state index contributed by atoms with van der Waals surface area (Å²) in [5.74, 6) is -0.680. The second kappa shape index (κ2) is 10.2. The zero-order valence-electron chi connectivity index (χ0n) is 19.8. The van der Waals surface area contributed by atoms with E-state index < -0.39 is 17.8 Å². The highest BCUT2D eigenvalue weighted by Crippen LogP contribution is 2.25. The van der Waals surface area contributed by atoms with Crippen molar-refractivity contribution >= 4 is 23.5 Å². The van der Waals surface area contributed by atoms with Crippen LogP contribution in [-0.2, 0) is 21.5 Å². The molecular formula is C26H27NO7. The van der Waals surface area contributed by atoms with Gasteiger partial charge in [0.25, 0.3) is 5.91 Å². The minimum atomic E-state index is -0.658. The molecule has 0 fully saturated rings. The van der Waals surface area contributed by atoms with Gasteiger partial charge in [0, 0.05) is 5.69 Å². The van der Waals surface area contributed by atoms with Crippen LogP contribution in [0.4, 0.5) is 5.69 Å². The molecule has 0 aliphatic heterocycles. The van der Waals surface area contributed by atoms with Crippen molar-refractivity contribution in [2.75, 3.05) is 19.5 Å². The summed E-state index contributed by atoms with van der Waals surface area (Å²) in [6.45, 7) is 6.56. The maximum absolute atomic E-state index is 12.7. The Morgan fingerprint density at radius 1 is 0.853 bits per heavy atom. The van der Waals surface area contributed by atoms with E-state index in [1.165, 1.54) is 44.0 Å². The number of carbonyl (C=O) groups excluding carboxylic acids is 3. The number of anilines is 1. The Balaban J connectivity index is 1.68. The van der Waals surface area contributed by atoms with Crippen LogP contribution in [0.5, 0.6) is 5.75 Å². The largest absolute Gasteiger partial charge is 0.486 e. The molecule has 1 N–H and O–H groups in total. The summed E-state index contributed by atoms with van der Waals surface area (Å²) in [5, 5.41) is 2.62. The molecule has 0 spiro atoms. The molecule has 2 aromatic carbocycles. The zero-order chi connectivity index (χ0) is 24.9. The summed E-state index contributed by atoms with van der Waals surface area (Å²) in [6.07, 6.45) is 0. The summed E-state index contributed by atoms with van der Waals surface area (Å²) < 4.78 is 20.8. The lowest BCUT2D eigenvalue weighted by atomic mass is 9.87. The van der Waals surface area contributed by atoms with Gasteiger partial charge in [0.15, 0.2) is 5.76 Å². The summed E-state index contributed by atoms with van der Waals surface area (Å²) in [5.41, 5.74) is 1.64. The first-order valence-electron chi connectivity index (χ1n) is 10.6. The van der Waals surface area contributed by atoms with E-state index in [1.807, 2.05) is 24.3 Å². The third kappa shape index (κ3) is 6.04. The van der Waals surface area contributed by atoms with Gasteiger partial charge in [-0.1, -0.05) is 32.9 Å². The van der Waals surface area contributed by atoms with Gasteiger partial charge in [-0.05, 0) is 53.4 Å². The average molecular weight is 466 g/mol. The van der Waals surface area contributed by atoms with Crippen molar-refractivity contribution in [1.29, 1.82) is 0 Å². The fourth-order valence-corrected chi connectivity index (χ4v) is 3.15. The number of hydrogen-bond donors (Lipinski definition) is 1. The first-order chi connectivity index (χ1) is 16.1. The highest BCUT2D eigenvalue weighted by molar-refractivity contribution is 6.04. The maximum atomic E-state index is 12.7. The van der Waals surface area contributed by atoms with E-state index in [0.717, 1.165) is 0 Å². The van der Waals surface area contributed by atoms with Gasteiger partial charge in [-0.15, -0.1) is 0 Å². The molecule has 178 valence electrons. The molecule has 1 aromatic heterocycles. The molecule has 34 heavy (non-hydrogen) atoms. The predicted octanol–water partition coefficient (Wildman–Crippen LogP) is 4.98. The molecule has 0 aliphatic rings. The van der Waals surface area contributed by atoms with Gasteiger partial charge in [0.2, 0.25) is 0 Å². The third-order valence-electron chi connectivity index (χ3n) is 5.02. The van der Waals surface area contributed by atoms with Gasteiger partial charge in [0.1, 0.15) is 18.1 Å². The number of carbonyl (C=O) groups is 3. The number of amides is 1. The van der Waals surface area contributed by atoms with Crippen LogP contribution in [0.25, 0.3) is 0 Å². The predicted molar refractivity (Wildman–Crippen MR) is 125 cm³/mol. The van der Waals surface area contributed by atoms with Crippen LogP contribution < -0.4 is 10.1 Å². The van der Waals surface area contributed by atoms with Crippen LogP contribution in [-0.4, -0.2) is 32.1 Å². The van der Waals surface area contributed by atoms with Crippen LogP contribution in [0.1, 0.15) is 63.4 Å². The molecule has 0 atom stereocenters. The van der Waals surface area contributed by atoms with Crippen LogP contribution in [0.3, 0.4) is 0 Å². The summed E-state index contributed by atoms with van der Waals surface area (Å²) in [6, 6.07) is 15.1. The van der Waals surface area contributed by atoms with E-state index in [0.29, 0.717) is 11.5 Å². The molecule has 1 amide bonds. The van der Waals surface area contributed by atoms with Crippen molar-refractivity contribution in [2.24, 2.45) is 0 Å². The molecule has 0 bridgehead atoms. The normalized spacial score (nSPS) is 11.0. The van der Waals surface area contributed by atoms with E-state index in [2.05, 4.69) is 26.1 Å². The van der Waals surface area contributed by atoms with Gasteiger partial charge in [-0.2, -0.15) is 0 Å². The quantitative estimate of drug-likeness (QED) is 0.491. The number of esters is 2. The Morgan fingerprint density at radius 3 is 1.97 bits per heavy atom. The monoisotopic (exact) mass is 465 g/mol. The number of hydrogen-bond acceptors (Lipinski definition) is 7. The average Bonchev–Trinajstić information content (AvgIpc) is 3.30. The van der Waals surface area contributed by atoms with Crippen LogP contribution in [0.2, 0.25) is 0 Å². The summed E-state index contributed by atoms with van der Waals surface area (Å²) >= 11 is 0. The molecule has 0 saturated heterocycles. The molecule has 8 heteroatoms. The lowest BCUT2D eigenvalue weighted by Gasteiger charge is -2.19. The Bertz CT molecular complexity index is 1150. The number of ether oxygens (including phenoxy) is 3. The second-order valence-corrected chi connectivity index (χ2v) is 8.57. The van der Waals surface area contributed by atoms with Crippen molar-refractivity contribution in [3.63, 3.8) is 0 Å². The Morgan fingerprint density at radius 2 is 1.44 bits per heavy atom. The SMILES string of the molecule is COC(=O)c1cc(NC(=O)c2ccc(COc3ccc(C(C)(C)C)cc3)o2)cc(C(=O)OC)c1. The Labute approximate surface area is 197 Å². The fourth-order valence-electron chi connectivity index (χ4n) is 3.15. The van der Waals surface area contributed by atoms with E-state index in [1.54, 1.807) is 6.07 Å². The minimum absolute atomic E-state index is 0.0461. The maximum Gasteiger partial charge on any atom is 0.337 e. The van der Waals surface area contributed by atoms with Crippen LogP contribution in [0.15, 0.2) is 59.0 Å². The van der Waals surface area contributed by atoms with Crippen molar-refractivity contribution in [2.45, 2.75) is 32.8 Å². The van der Waals surface area contributed by atoms with Gasteiger partial charge in [0.05, 0.1) is 25.3 Å². The molecular weight excluding hydrogens is 438 g/mol. The topological polar surface area (TPSA) is 104 Å². The number of rotatable bonds is 7. The van der Waals surface area contributed by atoms with Crippen molar-refractivity contribution in [3.8, 4) is 5.75 Å². The Hall–Kier alpha value is -4.07. The molecule has 0 aliphatic carbocycles. The molecule has 0 unspecified atom stereocenters. The molecule has 3 rings (SSSR count). The van der Waals surface area contributed by atoms with Gasteiger partial charge < -0.3 is 23.9 Å². The van der Waals surface area contributed by atoms with Crippen molar-refractivity contribution in [1.82, 2.24) is 0 Å². The molecule has 0 saturated carbocycles. The molecule has 3 aromatic rings. The van der Waals surface area contributed by atoms with Crippen molar-refractivity contribution < 1.29 is 33.0 Å². The number of furan rings is 1.